The zero-order valence-corrected chi connectivity index (χ0v) is 11.6. The third-order valence-electron chi connectivity index (χ3n) is 2.83. The molecule has 0 amide bonds. The normalized spacial score (nSPS) is 11.4. The smallest absolute Gasteiger partial charge is 0.115 e. The highest BCUT2D eigenvalue weighted by Crippen LogP contribution is 2.11. The summed E-state index contributed by atoms with van der Waals surface area (Å²) in [5.74, 6) is 0.533. The summed E-state index contributed by atoms with van der Waals surface area (Å²) in [7, 11) is 0. The predicted octanol–water partition coefficient (Wildman–Crippen LogP) is 3.84. The van der Waals surface area contributed by atoms with Crippen LogP contribution in [0.25, 0.3) is 12.2 Å². The van der Waals surface area contributed by atoms with Crippen molar-refractivity contribution < 1.29 is 14.9 Å². The Bertz CT molecular complexity index is 540. The summed E-state index contributed by atoms with van der Waals surface area (Å²) in [6, 6.07) is 14.0. The maximum Gasteiger partial charge on any atom is 0.115 e. The summed E-state index contributed by atoms with van der Waals surface area (Å²) in [6.07, 6.45) is 7.76. The monoisotopic (exact) mass is 282 g/mol. The number of aromatic hydroxyl groups is 2. The Kier molecular flexibility index (Phi) is 5.61. The SMILES string of the molecule is Oc1ccc(C=CCOCC=Cc2ccc(O)cc2)cc1. The molecular formula is C18H18O3. The standard InChI is InChI=1S/C18H18O3/c19-17-9-5-15(6-10-17)3-1-13-21-14-2-4-16-7-11-18(20)12-8-16/h1-12,19-20H,13-14H2. The molecule has 0 aliphatic heterocycles. The van der Waals surface area contributed by atoms with Crippen molar-refractivity contribution in [1.82, 2.24) is 0 Å². The third kappa shape index (κ3) is 5.55. The zero-order chi connectivity index (χ0) is 14.9. The second kappa shape index (κ2) is 7.92. The first-order chi connectivity index (χ1) is 10.2. The Morgan fingerprint density at radius 2 is 1.05 bits per heavy atom. The van der Waals surface area contributed by atoms with Crippen molar-refractivity contribution in [2.24, 2.45) is 0 Å². The molecule has 0 spiro atoms. The van der Waals surface area contributed by atoms with E-state index in [1.54, 1.807) is 24.3 Å². The van der Waals surface area contributed by atoms with Crippen LogP contribution in [0.4, 0.5) is 0 Å². The topological polar surface area (TPSA) is 49.7 Å². The summed E-state index contributed by atoms with van der Waals surface area (Å²) < 4.78 is 5.45. The highest BCUT2D eigenvalue weighted by molar-refractivity contribution is 5.51. The molecule has 21 heavy (non-hydrogen) atoms. The molecule has 0 fully saturated rings. The second-order valence-electron chi connectivity index (χ2n) is 4.53. The van der Waals surface area contributed by atoms with Crippen LogP contribution in [-0.2, 0) is 4.74 Å². The van der Waals surface area contributed by atoms with Gasteiger partial charge in [-0.3, -0.25) is 0 Å². The maximum atomic E-state index is 9.16. The van der Waals surface area contributed by atoms with E-state index in [-0.39, 0.29) is 11.5 Å². The summed E-state index contributed by atoms with van der Waals surface area (Å²) in [4.78, 5) is 0. The molecule has 108 valence electrons. The molecule has 2 aromatic rings. The largest absolute Gasteiger partial charge is 0.508 e. The minimum absolute atomic E-state index is 0.266. The number of hydrogen-bond donors (Lipinski definition) is 2. The van der Waals surface area contributed by atoms with Crippen molar-refractivity contribution >= 4 is 12.2 Å². The van der Waals surface area contributed by atoms with Gasteiger partial charge in [0, 0.05) is 0 Å². The summed E-state index contributed by atoms with van der Waals surface area (Å²) >= 11 is 0. The van der Waals surface area contributed by atoms with Gasteiger partial charge in [0.05, 0.1) is 13.2 Å². The lowest BCUT2D eigenvalue weighted by Crippen LogP contribution is -1.90. The predicted molar refractivity (Wildman–Crippen MR) is 85.1 cm³/mol. The van der Waals surface area contributed by atoms with Crippen LogP contribution in [0.5, 0.6) is 11.5 Å². The van der Waals surface area contributed by atoms with E-state index < -0.39 is 0 Å². The van der Waals surface area contributed by atoms with E-state index in [0.717, 1.165) is 11.1 Å². The average molecular weight is 282 g/mol. The van der Waals surface area contributed by atoms with Gasteiger partial charge < -0.3 is 14.9 Å². The number of ether oxygens (including phenoxy) is 1. The lowest BCUT2D eigenvalue weighted by Gasteiger charge is -1.97. The van der Waals surface area contributed by atoms with Crippen LogP contribution in [0.15, 0.2) is 60.7 Å². The van der Waals surface area contributed by atoms with Crippen molar-refractivity contribution in [3.8, 4) is 11.5 Å². The molecule has 0 aliphatic carbocycles. The van der Waals surface area contributed by atoms with Crippen molar-refractivity contribution in [2.75, 3.05) is 13.2 Å². The van der Waals surface area contributed by atoms with Gasteiger partial charge in [0.1, 0.15) is 11.5 Å². The molecule has 3 heteroatoms. The van der Waals surface area contributed by atoms with Crippen LogP contribution < -0.4 is 0 Å². The number of benzene rings is 2. The lowest BCUT2D eigenvalue weighted by atomic mass is 10.2. The maximum absolute atomic E-state index is 9.16. The molecule has 2 N–H and O–H groups in total. The molecule has 0 saturated heterocycles. The lowest BCUT2D eigenvalue weighted by molar-refractivity contribution is 0.195. The molecule has 0 bridgehead atoms. The Morgan fingerprint density at radius 3 is 1.43 bits per heavy atom. The minimum atomic E-state index is 0.266. The average Bonchev–Trinajstić information content (AvgIpc) is 2.50. The molecular weight excluding hydrogens is 264 g/mol. The first-order valence-corrected chi connectivity index (χ1v) is 6.73. The highest BCUT2D eigenvalue weighted by Gasteiger charge is 1.89. The van der Waals surface area contributed by atoms with E-state index in [0.29, 0.717) is 13.2 Å². The molecule has 0 aliphatic rings. The fourth-order valence-corrected chi connectivity index (χ4v) is 1.74. The van der Waals surface area contributed by atoms with Gasteiger partial charge in [-0.1, -0.05) is 48.6 Å². The quantitative estimate of drug-likeness (QED) is 0.791. The van der Waals surface area contributed by atoms with Crippen molar-refractivity contribution in [1.29, 1.82) is 0 Å². The molecule has 0 atom stereocenters. The molecule has 0 unspecified atom stereocenters. The van der Waals surface area contributed by atoms with Crippen LogP contribution in [-0.4, -0.2) is 23.4 Å². The van der Waals surface area contributed by atoms with E-state index in [2.05, 4.69) is 0 Å². The Labute approximate surface area is 124 Å². The summed E-state index contributed by atoms with van der Waals surface area (Å²) in [6.45, 7) is 1.06. The van der Waals surface area contributed by atoms with Crippen LogP contribution >= 0.6 is 0 Å². The zero-order valence-electron chi connectivity index (χ0n) is 11.6. The first kappa shape index (κ1) is 14.9. The van der Waals surface area contributed by atoms with Crippen LogP contribution in [0.1, 0.15) is 11.1 Å². The van der Waals surface area contributed by atoms with Gasteiger partial charge in [0.15, 0.2) is 0 Å². The number of phenolic OH excluding ortho intramolecular Hbond substituents is 2. The minimum Gasteiger partial charge on any atom is -0.508 e. The Balaban J connectivity index is 1.67. The molecule has 2 aromatic carbocycles. The van der Waals surface area contributed by atoms with Gasteiger partial charge in [-0.15, -0.1) is 0 Å². The van der Waals surface area contributed by atoms with E-state index in [1.165, 1.54) is 0 Å². The van der Waals surface area contributed by atoms with E-state index >= 15 is 0 Å². The summed E-state index contributed by atoms with van der Waals surface area (Å²) in [5, 5.41) is 18.3. The van der Waals surface area contributed by atoms with Crippen molar-refractivity contribution in [3.63, 3.8) is 0 Å². The van der Waals surface area contributed by atoms with Gasteiger partial charge in [0.25, 0.3) is 0 Å². The van der Waals surface area contributed by atoms with Crippen molar-refractivity contribution in [3.05, 3.63) is 71.8 Å². The molecule has 0 heterocycles. The highest BCUT2D eigenvalue weighted by atomic mass is 16.5. The van der Waals surface area contributed by atoms with Gasteiger partial charge in [0.2, 0.25) is 0 Å². The number of hydrogen-bond acceptors (Lipinski definition) is 3. The van der Waals surface area contributed by atoms with Gasteiger partial charge in [-0.05, 0) is 35.4 Å². The number of rotatable bonds is 6. The second-order valence-corrected chi connectivity index (χ2v) is 4.53. The van der Waals surface area contributed by atoms with E-state index in [4.69, 9.17) is 14.9 Å². The molecule has 3 nitrogen and oxygen atoms in total. The fraction of sp³-hybridized carbons (Fsp3) is 0.111. The van der Waals surface area contributed by atoms with Crippen LogP contribution in [0.2, 0.25) is 0 Å². The van der Waals surface area contributed by atoms with Crippen LogP contribution in [0, 0.1) is 0 Å². The van der Waals surface area contributed by atoms with Gasteiger partial charge in [-0.2, -0.15) is 0 Å². The Hall–Kier alpha value is -2.52. The van der Waals surface area contributed by atoms with Crippen molar-refractivity contribution in [2.45, 2.75) is 0 Å². The molecule has 0 saturated carbocycles. The number of phenols is 2. The molecule has 0 radical (unpaired) electrons. The van der Waals surface area contributed by atoms with Gasteiger partial charge in [-0.25, -0.2) is 0 Å². The van der Waals surface area contributed by atoms with Crippen LogP contribution in [0.3, 0.4) is 0 Å². The fourth-order valence-electron chi connectivity index (χ4n) is 1.74. The van der Waals surface area contributed by atoms with Gasteiger partial charge >= 0.3 is 0 Å². The first-order valence-electron chi connectivity index (χ1n) is 6.73. The Morgan fingerprint density at radius 1 is 0.667 bits per heavy atom. The third-order valence-corrected chi connectivity index (χ3v) is 2.83. The van der Waals surface area contributed by atoms with E-state index in [9.17, 15) is 0 Å². The summed E-state index contributed by atoms with van der Waals surface area (Å²) in [5.41, 5.74) is 2.05. The van der Waals surface area contributed by atoms with E-state index in [1.807, 2.05) is 48.6 Å². The molecule has 0 aromatic heterocycles. The molecule has 2 rings (SSSR count).